The summed E-state index contributed by atoms with van der Waals surface area (Å²) in [6.07, 6.45) is -0.550. The Morgan fingerprint density at radius 1 is 0.963 bits per heavy atom. The number of nitrogens with one attached hydrogen (secondary N) is 3. The first-order valence-electron chi connectivity index (χ1n) is 26.5. The number of aromatic amines is 1. The molecule has 3 aliphatic heterocycles. The van der Waals surface area contributed by atoms with Gasteiger partial charge in [-0.2, -0.15) is 33.3 Å². The van der Waals surface area contributed by atoms with Crippen LogP contribution in [0.5, 0.6) is 11.8 Å². The number of likely N-dealkylation sites (tertiary alicyclic amines) is 1. The van der Waals surface area contributed by atoms with E-state index in [4.69, 9.17) is 35.8 Å². The molecule has 8 aromatic rings. The monoisotopic (exact) mass is 1150 g/mol. The SMILES string of the molecule is CO[C@@H](C)COc1nc(N2CC3C[C@H]2CN3)c2cc(C(F)(F)F)c(-c3c(C)c(F)cc4[nH]ncc34)c(OCc3ccc(-c4cn([C@H](C(=O)N5CC(O)C[C@H]5C(=O)N/C(=C/O)c5ccc(-c6nnccc6Cl)cc5)C(C)C)nn4)cc3)c2n1. The molecule has 2 unspecified atom stereocenters. The molecule has 3 aliphatic rings. The highest BCUT2D eigenvalue weighted by Gasteiger charge is 2.45. The van der Waals surface area contributed by atoms with Gasteiger partial charge in [0.15, 0.2) is 5.75 Å². The van der Waals surface area contributed by atoms with Gasteiger partial charge in [-0.15, -0.1) is 10.2 Å². The van der Waals surface area contributed by atoms with Gasteiger partial charge in [0.25, 0.3) is 0 Å². The number of aliphatic hydroxyl groups excluding tert-OH is 2. The molecule has 0 spiro atoms. The number of benzene rings is 4. The third-order valence-corrected chi connectivity index (χ3v) is 15.6. The number of carbonyl (C=O) groups excluding carboxylic acids is 2. The fourth-order valence-corrected chi connectivity index (χ4v) is 11.2. The molecule has 0 saturated carbocycles. The molecule has 11 rings (SSSR count). The minimum Gasteiger partial charge on any atom is -0.513 e. The van der Waals surface area contributed by atoms with Crippen molar-refractivity contribution in [2.24, 2.45) is 5.92 Å². The number of H-pyrrole nitrogens is 1. The van der Waals surface area contributed by atoms with Crippen LogP contribution in [0.1, 0.15) is 61.9 Å². The Hall–Kier alpha value is -8.32. The third kappa shape index (κ3) is 10.7. The largest absolute Gasteiger partial charge is 0.513 e. The van der Waals surface area contributed by atoms with Crippen molar-refractivity contribution in [3.8, 4) is 45.4 Å². The minimum atomic E-state index is -4.99. The molecule has 3 fully saturated rings. The van der Waals surface area contributed by atoms with Crippen LogP contribution in [0.25, 0.3) is 61.1 Å². The van der Waals surface area contributed by atoms with E-state index in [0.717, 1.165) is 18.7 Å². The topological polar surface area (TPSA) is 244 Å². The average molecular weight is 1150 g/mol. The number of hydrogen-bond donors (Lipinski definition) is 5. The number of rotatable bonds is 17. The van der Waals surface area contributed by atoms with Crippen LogP contribution in [0, 0.1) is 18.7 Å². The van der Waals surface area contributed by atoms with E-state index in [1.165, 1.54) is 42.1 Å². The number of carbonyl (C=O) groups is 2. The zero-order chi connectivity index (χ0) is 57.7. The van der Waals surface area contributed by atoms with E-state index in [0.29, 0.717) is 51.8 Å². The molecule has 82 heavy (non-hydrogen) atoms. The van der Waals surface area contributed by atoms with Crippen LogP contribution in [0.15, 0.2) is 91.6 Å². The number of anilines is 1. The third-order valence-electron chi connectivity index (χ3n) is 15.3. The summed E-state index contributed by atoms with van der Waals surface area (Å²) >= 11 is 6.30. The van der Waals surface area contributed by atoms with Crippen LogP contribution < -0.4 is 25.0 Å². The number of β-amino-alcohol motifs (C(OH)–C–C–N with tert-alkyl or cyclic N) is 1. The summed E-state index contributed by atoms with van der Waals surface area (Å²) in [5.74, 6) is -2.31. The summed E-state index contributed by atoms with van der Waals surface area (Å²) in [6, 6.07) is 15.2. The van der Waals surface area contributed by atoms with Gasteiger partial charge in [0.1, 0.15) is 60.1 Å². The van der Waals surface area contributed by atoms with Gasteiger partial charge in [-0.25, -0.2) is 9.07 Å². The van der Waals surface area contributed by atoms with E-state index in [2.05, 4.69) is 41.3 Å². The number of amides is 2. The summed E-state index contributed by atoms with van der Waals surface area (Å²) in [5.41, 5.74) is 1.57. The molecule has 6 atom stereocenters. The van der Waals surface area contributed by atoms with Crippen molar-refractivity contribution >= 4 is 56.7 Å². The highest BCUT2D eigenvalue weighted by molar-refractivity contribution is 6.33. The van der Waals surface area contributed by atoms with Crippen LogP contribution >= 0.6 is 11.6 Å². The molecule has 4 aromatic heterocycles. The second kappa shape index (κ2) is 22.6. The second-order valence-electron chi connectivity index (χ2n) is 21.0. The molecule has 7 heterocycles. The van der Waals surface area contributed by atoms with Crippen molar-refractivity contribution in [1.82, 2.24) is 60.9 Å². The first kappa shape index (κ1) is 55.6. The van der Waals surface area contributed by atoms with Crippen molar-refractivity contribution in [1.29, 1.82) is 0 Å². The van der Waals surface area contributed by atoms with Crippen LogP contribution in [0.4, 0.5) is 23.4 Å². The maximum absolute atomic E-state index is 15.9. The lowest BCUT2D eigenvalue weighted by atomic mass is 9.90. The molecule has 3 saturated heterocycles. The normalized spacial score (nSPS) is 19.0. The number of aromatic nitrogens is 9. The van der Waals surface area contributed by atoms with Crippen LogP contribution in [-0.4, -0.2) is 136 Å². The van der Waals surface area contributed by atoms with Crippen molar-refractivity contribution in [2.45, 2.75) is 89.7 Å². The van der Waals surface area contributed by atoms with Crippen molar-refractivity contribution in [3.05, 3.63) is 125 Å². The quantitative estimate of drug-likeness (QED) is 0.0425. The lowest BCUT2D eigenvalue weighted by molar-refractivity contribution is -0.142. The maximum atomic E-state index is 15.9. The lowest BCUT2D eigenvalue weighted by Gasteiger charge is -2.30. The van der Waals surface area contributed by atoms with Gasteiger partial charge >= 0.3 is 12.2 Å². The zero-order valence-electron chi connectivity index (χ0n) is 44.9. The summed E-state index contributed by atoms with van der Waals surface area (Å²) in [5, 5.41) is 51.4. The molecule has 4 aromatic carbocycles. The minimum absolute atomic E-state index is 0.0153. The summed E-state index contributed by atoms with van der Waals surface area (Å²) in [6.45, 7) is 7.50. The number of halogens is 5. The van der Waals surface area contributed by atoms with Gasteiger partial charge in [0, 0.05) is 83.8 Å². The van der Waals surface area contributed by atoms with Crippen molar-refractivity contribution in [2.75, 3.05) is 38.3 Å². The molecule has 5 N–H and O–H groups in total. The molecular formula is C57H56ClF4N13O7. The molecule has 0 aliphatic carbocycles. The number of methoxy groups -OCH3 is 1. The summed E-state index contributed by atoms with van der Waals surface area (Å²) in [4.78, 5) is 41.3. The van der Waals surface area contributed by atoms with E-state index >= 15 is 17.6 Å². The Bertz CT molecular complexity index is 3750. The Balaban J connectivity index is 0.880. The van der Waals surface area contributed by atoms with Crippen LogP contribution in [0.3, 0.4) is 0 Å². The smallest absolute Gasteiger partial charge is 0.417 e. The fourth-order valence-electron chi connectivity index (χ4n) is 11.0. The van der Waals surface area contributed by atoms with E-state index in [1.807, 2.05) is 18.7 Å². The predicted molar refractivity (Wildman–Crippen MR) is 295 cm³/mol. The van der Waals surface area contributed by atoms with E-state index in [9.17, 15) is 19.8 Å². The fraction of sp³-hybridized carbons (Fsp3) is 0.351. The standard InChI is InChI=1S/C57H56ClF4N13O7/c1-28(2)51(55(79)74-23-37(77)17-46(74)54(78)66-45(25-76)33-10-12-34(13-11-33)49-41(58)14-15-64-71-49)75-24-44(70-72-75)32-8-6-31(7-9-32)27-81-52-48(47-30(4)42(59)19-43-39(47)21-65-69-43)40(57(60,61)62)18-38-50(52)67-56(82-26-29(3)80-5)68-53(38)73-22-35-16-36(73)20-63-35/h6-15,18-19,21,24-25,28-29,35-37,46,51,63,76-77H,16-17,20,22-23,26-27H2,1-5H3,(H,65,69)(H,66,78)/b45-25+/t29-,35?,36-,37?,46-,51-/m0/s1. The van der Waals surface area contributed by atoms with Gasteiger partial charge in [-0.05, 0) is 55.5 Å². The first-order valence-corrected chi connectivity index (χ1v) is 26.9. The molecule has 0 radical (unpaired) electrons. The first-order chi connectivity index (χ1) is 39.4. The number of fused-ring (bicyclic) bond motifs is 4. The average Bonchev–Trinajstić information content (AvgIpc) is 4.51. The molecule has 20 nitrogen and oxygen atoms in total. The van der Waals surface area contributed by atoms with Crippen LogP contribution in [0.2, 0.25) is 5.02 Å². The molecular weight excluding hydrogens is 1090 g/mol. The number of aliphatic hydroxyl groups is 2. The summed E-state index contributed by atoms with van der Waals surface area (Å²) in [7, 11) is 1.52. The number of alkyl halides is 3. The Kier molecular flexibility index (Phi) is 15.3. The Morgan fingerprint density at radius 3 is 2.41 bits per heavy atom. The van der Waals surface area contributed by atoms with Crippen molar-refractivity contribution < 1.29 is 51.6 Å². The van der Waals surface area contributed by atoms with Crippen molar-refractivity contribution in [3.63, 3.8) is 0 Å². The van der Waals surface area contributed by atoms with E-state index in [-0.39, 0.29) is 106 Å². The van der Waals surface area contributed by atoms with Gasteiger partial charge in [-0.3, -0.25) is 14.7 Å². The lowest BCUT2D eigenvalue weighted by Crippen LogP contribution is -2.48. The second-order valence-corrected chi connectivity index (χ2v) is 21.4. The van der Waals surface area contributed by atoms with E-state index < -0.39 is 53.1 Å². The van der Waals surface area contributed by atoms with Gasteiger partial charge in [0.05, 0.1) is 52.6 Å². The number of ether oxygens (including phenoxy) is 3. The Morgan fingerprint density at radius 2 is 1.73 bits per heavy atom. The Labute approximate surface area is 471 Å². The highest BCUT2D eigenvalue weighted by Crippen LogP contribution is 2.51. The zero-order valence-corrected chi connectivity index (χ0v) is 45.7. The highest BCUT2D eigenvalue weighted by atomic mass is 35.5. The summed E-state index contributed by atoms with van der Waals surface area (Å²) < 4.78 is 83.0. The number of piperazine rings is 1. The molecule has 2 amide bonds. The van der Waals surface area contributed by atoms with Gasteiger partial charge in [-0.1, -0.05) is 79.2 Å². The van der Waals surface area contributed by atoms with E-state index in [1.54, 1.807) is 67.7 Å². The molecule has 426 valence electrons. The van der Waals surface area contributed by atoms with Gasteiger partial charge in [0.2, 0.25) is 11.8 Å². The van der Waals surface area contributed by atoms with Gasteiger partial charge < -0.3 is 44.9 Å². The molecule has 25 heteroatoms. The number of hydrogen-bond acceptors (Lipinski definition) is 16. The molecule has 2 bridgehead atoms. The number of nitrogens with zero attached hydrogens (tertiary/aromatic N) is 10. The predicted octanol–water partition coefficient (Wildman–Crippen LogP) is 8.38. The van der Waals surface area contributed by atoms with Crippen LogP contribution in [-0.2, 0) is 27.1 Å². The maximum Gasteiger partial charge on any atom is 0.417 e.